The molecule has 0 aliphatic rings. The van der Waals surface area contributed by atoms with Crippen LogP contribution in [0.2, 0.25) is 0 Å². The third-order valence-corrected chi connectivity index (χ3v) is 5.63. The molecule has 0 N–H and O–H groups in total. The van der Waals surface area contributed by atoms with Gasteiger partial charge in [-0.05, 0) is 49.2 Å². The summed E-state index contributed by atoms with van der Waals surface area (Å²) in [4.78, 5) is 17.9. The molecule has 5 rings (SSSR count). The van der Waals surface area contributed by atoms with E-state index in [1.165, 1.54) is 5.56 Å². The standard InChI is InChI=1S/C27H23N3O3/c1-3-18-9-11-19(12-10-18)25-28-26(33-29-25)24-17-30(20-13-15-21(16-14-20)32-4-2)27(31)23-8-6-5-7-22(23)24/h5-17H,3-4H2,1-2H3. The fourth-order valence-electron chi connectivity index (χ4n) is 3.86. The lowest BCUT2D eigenvalue weighted by molar-refractivity contribution is 0.340. The summed E-state index contributed by atoms with van der Waals surface area (Å²) in [7, 11) is 0. The molecule has 6 heteroatoms. The summed E-state index contributed by atoms with van der Waals surface area (Å²) in [5.41, 5.74) is 3.43. The van der Waals surface area contributed by atoms with E-state index in [1.807, 2.05) is 67.6 Å². The molecule has 33 heavy (non-hydrogen) atoms. The molecule has 0 radical (unpaired) electrons. The molecule has 2 aromatic heterocycles. The van der Waals surface area contributed by atoms with E-state index in [1.54, 1.807) is 10.8 Å². The van der Waals surface area contributed by atoms with Gasteiger partial charge in [0.15, 0.2) is 0 Å². The van der Waals surface area contributed by atoms with Crippen molar-refractivity contribution >= 4 is 10.8 Å². The van der Waals surface area contributed by atoms with Crippen LogP contribution in [0.4, 0.5) is 0 Å². The third kappa shape index (κ3) is 3.91. The Kier molecular flexibility index (Phi) is 5.48. The monoisotopic (exact) mass is 437 g/mol. The maximum Gasteiger partial charge on any atom is 0.262 e. The van der Waals surface area contributed by atoms with Crippen molar-refractivity contribution in [2.75, 3.05) is 6.61 Å². The molecular weight excluding hydrogens is 414 g/mol. The number of aromatic nitrogens is 3. The van der Waals surface area contributed by atoms with Gasteiger partial charge < -0.3 is 9.26 Å². The van der Waals surface area contributed by atoms with Crippen LogP contribution in [0.15, 0.2) is 88.3 Å². The topological polar surface area (TPSA) is 70.2 Å². The van der Waals surface area contributed by atoms with Crippen molar-refractivity contribution in [3.8, 4) is 34.3 Å². The van der Waals surface area contributed by atoms with Crippen LogP contribution in [0.3, 0.4) is 0 Å². The Morgan fingerprint density at radius 1 is 0.909 bits per heavy atom. The highest BCUT2D eigenvalue weighted by molar-refractivity contribution is 5.94. The van der Waals surface area contributed by atoms with Crippen molar-refractivity contribution < 1.29 is 9.26 Å². The van der Waals surface area contributed by atoms with Crippen LogP contribution in [-0.4, -0.2) is 21.3 Å². The number of ether oxygens (including phenoxy) is 1. The van der Waals surface area contributed by atoms with Crippen LogP contribution < -0.4 is 10.3 Å². The molecule has 0 aliphatic heterocycles. The Labute approximate surface area is 191 Å². The fourth-order valence-corrected chi connectivity index (χ4v) is 3.86. The van der Waals surface area contributed by atoms with Gasteiger partial charge in [-0.25, -0.2) is 0 Å². The highest BCUT2D eigenvalue weighted by atomic mass is 16.5. The number of nitrogens with zero attached hydrogens (tertiary/aromatic N) is 3. The lowest BCUT2D eigenvalue weighted by Gasteiger charge is -2.11. The van der Waals surface area contributed by atoms with Crippen molar-refractivity contribution in [2.45, 2.75) is 20.3 Å². The van der Waals surface area contributed by atoms with Crippen LogP contribution in [0, 0.1) is 0 Å². The largest absolute Gasteiger partial charge is 0.494 e. The summed E-state index contributed by atoms with van der Waals surface area (Å²) in [5, 5.41) is 5.54. The SMILES string of the molecule is CCOc1ccc(-n2cc(-c3nc(-c4ccc(CC)cc4)no3)c3ccccc3c2=O)cc1. The molecule has 3 aromatic carbocycles. The average molecular weight is 437 g/mol. The van der Waals surface area contributed by atoms with Gasteiger partial charge in [0.05, 0.1) is 12.2 Å². The van der Waals surface area contributed by atoms with E-state index in [0.29, 0.717) is 29.3 Å². The van der Waals surface area contributed by atoms with Gasteiger partial charge in [-0.2, -0.15) is 4.98 Å². The molecule has 0 bridgehead atoms. The van der Waals surface area contributed by atoms with E-state index in [9.17, 15) is 4.79 Å². The predicted molar refractivity (Wildman–Crippen MR) is 129 cm³/mol. The highest BCUT2D eigenvalue weighted by Gasteiger charge is 2.17. The molecule has 0 atom stereocenters. The smallest absolute Gasteiger partial charge is 0.262 e. The van der Waals surface area contributed by atoms with Crippen LogP contribution in [0.5, 0.6) is 5.75 Å². The zero-order valence-electron chi connectivity index (χ0n) is 18.5. The first kappa shape index (κ1) is 20.7. The summed E-state index contributed by atoms with van der Waals surface area (Å²) >= 11 is 0. The normalized spacial score (nSPS) is 11.1. The van der Waals surface area contributed by atoms with E-state index >= 15 is 0 Å². The van der Waals surface area contributed by atoms with E-state index in [4.69, 9.17) is 9.26 Å². The van der Waals surface area contributed by atoms with E-state index in [0.717, 1.165) is 28.8 Å². The van der Waals surface area contributed by atoms with Crippen molar-refractivity contribution in [3.05, 3.63) is 94.9 Å². The van der Waals surface area contributed by atoms with E-state index in [-0.39, 0.29) is 5.56 Å². The third-order valence-electron chi connectivity index (χ3n) is 5.63. The summed E-state index contributed by atoms with van der Waals surface area (Å²) in [6.07, 6.45) is 2.73. The lowest BCUT2D eigenvalue weighted by atomic mass is 10.1. The van der Waals surface area contributed by atoms with Gasteiger partial charge in [0.2, 0.25) is 5.82 Å². The maximum absolute atomic E-state index is 13.3. The first-order chi connectivity index (χ1) is 16.2. The van der Waals surface area contributed by atoms with Gasteiger partial charge in [0.1, 0.15) is 5.75 Å². The minimum Gasteiger partial charge on any atom is -0.494 e. The fraction of sp³-hybridized carbons (Fsp3) is 0.148. The minimum absolute atomic E-state index is 0.117. The molecular formula is C27H23N3O3. The Morgan fingerprint density at radius 2 is 1.64 bits per heavy atom. The Morgan fingerprint density at radius 3 is 2.33 bits per heavy atom. The second-order valence-corrected chi connectivity index (χ2v) is 7.66. The van der Waals surface area contributed by atoms with Crippen LogP contribution >= 0.6 is 0 Å². The van der Waals surface area contributed by atoms with Crippen LogP contribution in [-0.2, 0) is 6.42 Å². The number of rotatable bonds is 6. The summed E-state index contributed by atoms with van der Waals surface area (Å²) in [5.74, 6) is 1.63. The van der Waals surface area contributed by atoms with Gasteiger partial charge in [-0.3, -0.25) is 9.36 Å². The molecule has 0 amide bonds. The number of pyridine rings is 1. The molecule has 0 aliphatic carbocycles. The van der Waals surface area contributed by atoms with Crippen molar-refractivity contribution in [1.29, 1.82) is 0 Å². The number of hydrogen-bond donors (Lipinski definition) is 0. The molecule has 0 unspecified atom stereocenters. The van der Waals surface area contributed by atoms with E-state index < -0.39 is 0 Å². The second kappa shape index (κ2) is 8.74. The molecule has 0 spiro atoms. The van der Waals surface area contributed by atoms with Gasteiger partial charge in [-0.15, -0.1) is 0 Å². The number of aryl methyl sites for hydroxylation is 1. The second-order valence-electron chi connectivity index (χ2n) is 7.66. The Bertz CT molecular complexity index is 1470. The van der Waals surface area contributed by atoms with Gasteiger partial charge in [-0.1, -0.05) is 54.5 Å². The van der Waals surface area contributed by atoms with Crippen molar-refractivity contribution in [1.82, 2.24) is 14.7 Å². The van der Waals surface area contributed by atoms with Crippen molar-refractivity contribution in [2.24, 2.45) is 0 Å². The average Bonchev–Trinajstić information content (AvgIpc) is 3.35. The van der Waals surface area contributed by atoms with Gasteiger partial charge in [0.25, 0.3) is 11.4 Å². The van der Waals surface area contributed by atoms with Crippen LogP contribution in [0.25, 0.3) is 39.3 Å². The van der Waals surface area contributed by atoms with Gasteiger partial charge in [0, 0.05) is 28.2 Å². The zero-order chi connectivity index (χ0) is 22.8. The number of benzene rings is 3. The quantitative estimate of drug-likeness (QED) is 0.342. The zero-order valence-corrected chi connectivity index (χ0v) is 18.5. The Balaban J connectivity index is 1.63. The molecule has 0 fully saturated rings. The molecule has 0 saturated heterocycles. The predicted octanol–water partition coefficient (Wildman–Crippen LogP) is 5.67. The first-order valence-corrected chi connectivity index (χ1v) is 11.0. The molecule has 164 valence electrons. The molecule has 2 heterocycles. The lowest BCUT2D eigenvalue weighted by Crippen LogP contribution is -2.18. The van der Waals surface area contributed by atoms with Crippen molar-refractivity contribution in [3.63, 3.8) is 0 Å². The molecule has 0 saturated carbocycles. The van der Waals surface area contributed by atoms with Crippen LogP contribution in [0.1, 0.15) is 19.4 Å². The molecule has 5 aromatic rings. The molecule has 6 nitrogen and oxygen atoms in total. The minimum atomic E-state index is -0.117. The highest BCUT2D eigenvalue weighted by Crippen LogP contribution is 2.29. The summed E-state index contributed by atoms with van der Waals surface area (Å²) in [6, 6.07) is 23.0. The van der Waals surface area contributed by atoms with Gasteiger partial charge >= 0.3 is 0 Å². The Hall–Kier alpha value is -4.19. The number of fused-ring (bicyclic) bond motifs is 1. The number of hydrogen-bond acceptors (Lipinski definition) is 5. The summed E-state index contributed by atoms with van der Waals surface area (Å²) in [6.45, 7) is 4.64. The van der Waals surface area contributed by atoms with E-state index in [2.05, 4.69) is 29.2 Å². The maximum atomic E-state index is 13.3. The first-order valence-electron chi connectivity index (χ1n) is 11.0. The summed E-state index contributed by atoms with van der Waals surface area (Å²) < 4.78 is 12.8.